The zero-order chi connectivity index (χ0) is 25.2. The summed E-state index contributed by atoms with van der Waals surface area (Å²) in [6, 6.07) is 3.53. The summed E-state index contributed by atoms with van der Waals surface area (Å²) in [6.45, 7) is 5.73. The zero-order valence-corrected chi connectivity index (χ0v) is 20.4. The van der Waals surface area contributed by atoms with Crippen LogP contribution in [0.5, 0.6) is 0 Å². The first-order valence-corrected chi connectivity index (χ1v) is 12.5. The van der Waals surface area contributed by atoms with E-state index in [1.54, 1.807) is 13.8 Å². The largest absolute Gasteiger partial charge is 0.450 e. The molecule has 8 nitrogen and oxygen atoms in total. The van der Waals surface area contributed by atoms with Crippen LogP contribution in [0.1, 0.15) is 41.9 Å². The van der Waals surface area contributed by atoms with Crippen molar-refractivity contribution in [1.82, 2.24) is 14.2 Å². The molecule has 1 fully saturated rings. The van der Waals surface area contributed by atoms with Crippen molar-refractivity contribution in [1.29, 1.82) is 0 Å². The lowest BCUT2D eigenvalue weighted by atomic mass is 10.0. The number of hydrogen-bond donors (Lipinski definition) is 1. The lowest BCUT2D eigenvalue weighted by Gasteiger charge is -2.17. The second-order valence-corrected chi connectivity index (χ2v) is 10.1. The van der Waals surface area contributed by atoms with Crippen molar-refractivity contribution < 1.29 is 31.5 Å². The summed E-state index contributed by atoms with van der Waals surface area (Å²) in [4.78, 5) is 25.6. The summed E-state index contributed by atoms with van der Waals surface area (Å²) >= 11 is 0. The molecule has 1 aliphatic rings. The van der Waals surface area contributed by atoms with E-state index in [0.717, 1.165) is 10.8 Å². The number of amides is 1. The molecule has 34 heavy (non-hydrogen) atoms. The molecule has 1 amide bonds. The number of carbonyl (C=O) groups excluding carboxylic acids is 2. The third-order valence-electron chi connectivity index (χ3n) is 6.03. The van der Waals surface area contributed by atoms with Gasteiger partial charge >= 0.3 is 6.09 Å². The van der Waals surface area contributed by atoms with Gasteiger partial charge in [-0.25, -0.2) is 26.7 Å². The van der Waals surface area contributed by atoms with Crippen molar-refractivity contribution in [3.8, 4) is 0 Å². The number of nitrogens with one attached hydrogen (secondary N) is 1. The van der Waals surface area contributed by atoms with E-state index in [9.17, 15) is 22.4 Å². The lowest BCUT2D eigenvalue weighted by Crippen LogP contribution is -2.41. The second kappa shape index (κ2) is 10.2. The number of Topliss-reactive ketones (excluding diaryl/α,β-unsaturated/α-hetero) is 1. The molecule has 1 aromatic carbocycles. The molecule has 0 aliphatic carbocycles. The fourth-order valence-corrected chi connectivity index (χ4v) is 5.63. The molecule has 1 saturated heterocycles. The van der Waals surface area contributed by atoms with Gasteiger partial charge < -0.3 is 14.2 Å². The van der Waals surface area contributed by atoms with Crippen LogP contribution in [0, 0.1) is 24.5 Å². The third kappa shape index (κ3) is 5.30. The predicted molar refractivity (Wildman–Crippen MR) is 121 cm³/mol. The van der Waals surface area contributed by atoms with Crippen molar-refractivity contribution >= 4 is 21.9 Å². The first kappa shape index (κ1) is 25.8. The maximum Gasteiger partial charge on any atom is 0.409 e. The second-order valence-electron chi connectivity index (χ2n) is 8.45. The Hall–Kier alpha value is -2.79. The number of ether oxygens (including phenoxy) is 1. The van der Waals surface area contributed by atoms with Gasteiger partial charge in [0.05, 0.1) is 6.61 Å². The third-order valence-corrected chi connectivity index (χ3v) is 7.50. The Bertz CT molecular complexity index is 1200. The van der Waals surface area contributed by atoms with Crippen molar-refractivity contribution in [2.45, 2.75) is 44.6 Å². The van der Waals surface area contributed by atoms with Gasteiger partial charge in [0.1, 0.15) is 16.4 Å². The quantitative estimate of drug-likeness (QED) is 0.565. The molecule has 0 bridgehead atoms. The van der Waals surface area contributed by atoms with Crippen LogP contribution >= 0.6 is 0 Å². The highest BCUT2D eigenvalue weighted by atomic mass is 32.2. The minimum Gasteiger partial charge on any atom is -0.450 e. The first-order valence-electron chi connectivity index (χ1n) is 11.1. The molecule has 3 rings (SSSR count). The highest BCUT2D eigenvalue weighted by Gasteiger charge is 2.39. The molecule has 2 heterocycles. The Labute approximate surface area is 197 Å². The monoisotopic (exact) mass is 497 g/mol. The van der Waals surface area contributed by atoms with Crippen molar-refractivity contribution in [2.75, 3.05) is 19.7 Å². The van der Waals surface area contributed by atoms with Crippen LogP contribution in [0.2, 0.25) is 0 Å². The number of rotatable bonds is 8. The van der Waals surface area contributed by atoms with Crippen LogP contribution < -0.4 is 4.72 Å². The molecule has 1 aromatic heterocycles. The van der Waals surface area contributed by atoms with E-state index in [4.69, 9.17) is 4.74 Å². The average Bonchev–Trinajstić information content (AvgIpc) is 3.30. The van der Waals surface area contributed by atoms with E-state index in [2.05, 4.69) is 4.72 Å². The van der Waals surface area contributed by atoms with Crippen LogP contribution in [0.3, 0.4) is 0 Å². The zero-order valence-electron chi connectivity index (χ0n) is 19.6. The van der Waals surface area contributed by atoms with Gasteiger partial charge in [-0.15, -0.1) is 0 Å². The van der Waals surface area contributed by atoms with E-state index < -0.39 is 44.5 Å². The van der Waals surface area contributed by atoms with Gasteiger partial charge in [0.25, 0.3) is 0 Å². The minimum absolute atomic E-state index is 0.0979. The molecule has 2 aromatic rings. The predicted octanol–water partition coefficient (Wildman–Crippen LogP) is 3.18. The number of carbonyl (C=O) groups is 2. The Balaban J connectivity index is 1.81. The summed E-state index contributed by atoms with van der Waals surface area (Å²) in [6.07, 6.45) is 0.913. The Kier molecular flexibility index (Phi) is 7.77. The number of nitrogens with zero attached hydrogens (tertiary/aromatic N) is 2. The Morgan fingerprint density at radius 3 is 2.53 bits per heavy atom. The number of ketones is 1. The highest BCUT2D eigenvalue weighted by molar-refractivity contribution is 7.89. The molecule has 11 heteroatoms. The molecule has 0 saturated carbocycles. The topological polar surface area (TPSA) is 97.7 Å². The van der Waals surface area contributed by atoms with Gasteiger partial charge in [-0.1, -0.05) is 25.5 Å². The smallest absolute Gasteiger partial charge is 0.409 e. The summed E-state index contributed by atoms with van der Waals surface area (Å²) in [5.41, 5.74) is 0.459. The number of likely N-dealkylation sites (tertiary alicyclic amines) is 1. The van der Waals surface area contributed by atoms with E-state index in [1.165, 1.54) is 30.1 Å². The van der Waals surface area contributed by atoms with Crippen LogP contribution in [0.25, 0.3) is 0 Å². The van der Waals surface area contributed by atoms with E-state index >= 15 is 4.39 Å². The van der Waals surface area contributed by atoms with Crippen molar-refractivity contribution in [3.63, 3.8) is 0 Å². The number of benzene rings is 1. The van der Waals surface area contributed by atoms with Gasteiger partial charge in [-0.3, -0.25) is 4.79 Å². The van der Waals surface area contributed by atoms with Crippen molar-refractivity contribution in [3.05, 3.63) is 52.9 Å². The van der Waals surface area contributed by atoms with Crippen LogP contribution in [0.4, 0.5) is 13.6 Å². The van der Waals surface area contributed by atoms with Gasteiger partial charge in [0.2, 0.25) is 10.0 Å². The number of aromatic nitrogens is 1. The SMILES string of the molecule is CCOC(=O)N1C[C@@H](CC)[C@@H](NS(=O)(=O)c2cn(C)c(C(=O)Cc3ccc(F)c(C)c3)c2F)C1. The first-order chi connectivity index (χ1) is 16.0. The minimum atomic E-state index is -4.33. The molecule has 1 aliphatic heterocycles. The number of hydrogen-bond acceptors (Lipinski definition) is 5. The highest BCUT2D eigenvalue weighted by Crippen LogP contribution is 2.26. The van der Waals surface area contributed by atoms with Crippen molar-refractivity contribution in [2.24, 2.45) is 13.0 Å². The fraction of sp³-hybridized carbons (Fsp3) is 0.478. The van der Waals surface area contributed by atoms with Gasteiger partial charge in [0.15, 0.2) is 11.6 Å². The van der Waals surface area contributed by atoms with Crippen LogP contribution in [0.15, 0.2) is 29.3 Å². The van der Waals surface area contributed by atoms with E-state index in [-0.39, 0.29) is 31.2 Å². The van der Waals surface area contributed by atoms with Gasteiger partial charge in [-0.05, 0) is 37.0 Å². The lowest BCUT2D eigenvalue weighted by molar-refractivity contribution is 0.0980. The molecular formula is C23H29F2N3O5S. The van der Waals surface area contributed by atoms with Gasteiger partial charge in [0, 0.05) is 38.8 Å². The van der Waals surface area contributed by atoms with E-state index in [0.29, 0.717) is 24.1 Å². The molecule has 2 atom stereocenters. The average molecular weight is 498 g/mol. The molecule has 0 radical (unpaired) electrons. The molecule has 186 valence electrons. The molecule has 1 N–H and O–H groups in total. The standard InChI is InChI=1S/C23H29F2N3O5S/c1-5-16-11-28(23(30)33-6-2)12-18(16)26-34(31,32)20-13-27(4)22(21(20)25)19(29)10-15-7-8-17(24)14(3)9-15/h7-9,13,16,18,26H,5-6,10-12H2,1-4H3/t16-,18+/m1/s1. The number of aryl methyl sites for hydroxylation is 2. The molecule has 0 unspecified atom stereocenters. The number of halogens is 2. The normalized spacial score (nSPS) is 18.4. The van der Waals surface area contributed by atoms with Crippen LogP contribution in [-0.4, -0.2) is 55.5 Å². The van der Waals surface area contributed by atoms with Crippen LogP contribution in [-0.2, 0) is 28.2 Å². The van der Waals surface area contributed by atoms with E-state index in [1.807, 2.05) is 6.92 Å². The summed E-state index contributed by atoms with van der Waals surface area (Å²) < 4.78 is 63.5. The Morgan fingerprint density at radius 2 is 1.91 bits per heavy atom. The molecule has 0 spiro atoms. The number of sulfonamides is 1. The summed E-state index contributed by atoms with van der Waals surface area (Å²) in [5, 5.41) is 0. The maximum absolute atomic E-state index is 15.2. The Morgan fingerprint density at radius 1 is 1.21 bits per heavy atom. The van der Waals surface area contributed by atoms with Gasteiger partial charge in [-0.2, -0.15) is 0 Å². The summed E-state index contributed by atoms with van der Waals surface area (Å²) in [7, 11) is -2.94. The maximum atomic E-state index is 15.2. The summed E-state index contributed by atoms with van der Waals surface area (Å²) in [5.74, 6) is -2.37. The molecular weight excluding hydrogens is 468 g/mol. The fourth-order valence-electron chi connectivity index (χ4n) is 4.21.